The molecule has 0 bridgehead atoms. The van der Waals surface area contributed by atoms with Gasteiger partial charge in [0, 0.05) is 6.04 Å². The number of nitrogens with two attached hydrogens (primary N) is 1. The Morgan fingerprint density at radius 3 is 2.62 bits per heavy atom. The minimum atomic E-state index is -1.14. The number of hydrogen-bond donors (Lipinski definition) is 3. The van der Waals surface area contributed by atoms with Gasteiger partial charge in [0.25, 0.3) is 0 Å². The van der Waals surface area contributed by atoms with Crippen LogP contribution >= 0.6 is 0 Å². The van der Waals surface area contributed by atoms with Crippen molar-refractivity contribution in [2.45, 2.75) is 26.3 Å². The van der Waals surface area contributed by atoms with Gasteiger partial charge in [0.1, 0.15) is 11.3 Å². The topological polar surface area (TPSA) is 83.5 Å². The molecule has 16 heavy (non-hydrogen) atoms. The highest BCUT2D eigenvalue weighted by Gasteiger charge is 2.17. The van der Waals surface area contributed by atoms with Gasteiger partial charge < -0.3 is 15.9 Å². The van der Waals surface area contributed by atoms with Gasteiger partial charge >= 0.3 is 5.97 Å². The van der Waals surface area contributed by atoms with Crippen molar-refractivity contribution in [1.82, 2.24) is 0 Å². The molecular weight excluding hydrogens is 206 g/mol. The summed E-state index contributed by atoms with van der Waals surface area (Å²) >= 11 is 0. The van der Waals surface area contributed by atoms with E-state index in [1.807, 2.05) is 13.8 Å². The smallest absolute Gasteiger partial charge is 0.339 e. The van der Waals surface area contributed by atoms with Crippen molar-refractivity contribution in [3.05, 3.63) is 29.3 Å². The normalized spacial score (nSPS) is 14.4. The van der Waals surface area contributed by atoms with Crippen molar-refractivity contribution in [2.24, 2.45) is 11.7 Å². The summed E-state index contributed by atoms with van der Waals surface area (Å²) in [5.41, 5.74) is 6.63. The maximum atomic E-state index is 10.8. The van der Waals surface area contributed by atoms with Crippen LogP contribution in [0.25, 0.3) is 0 Å². The van der Waals surface area contributed by atoms with Crippen LogP contribution in [0, 0.1) is 5.92 Å². The Bertz CT molecular complexity index is 390. The first-order valence-electron chi connectivity index (χ1n) is 5.29. The Morgan fingerprint density at radius 1 is 1.50 bits per heavy atom. The molecule has 0 aliphatic heterocycles. The minimum absolute atomic E-state index is 0.101. The van der Waals surface area contributed by atoms with Crippen molar-refractivity contribution in [1.29, 1.82) is 0 Å². The van der Waals surface area contributed by atoms with Crippen LogP contribution in [-0.4, -0.2) is 16.2 Å². The summed E-state index contributed by atoms with van der Waals surface area (Å²) in [5, 5.41) is 18.2. The number of aromatic hydroxyl groups is 1. The number of benzene rings is 1. The molecule has 0 radical (unpaired) electrons. The molecule has 1 rings (SSSR count). The zero-order valence-electron chi connectivity index (χ0n) is 9.47. The van der Waals surface area contributed by atoms with Crippen LogP contribution in [0.15, 0.2) is 18.2 Å². The summed E-state index contributed by atoms with van der Waals surface area (Å²) < 4.78 is 0. The van der Waals surface area contributed by atoms with Gasteiger partial charge in [-0.15, -0.1) is 0 Å². The van der Waals surface area contributed by atoms with Crippen LogP contribution in [0.3, 0.4) is 0 Å². The highest BCUT2D eigenvalue weighted by atomic mass is 16.4. The Hall–Kier alpha value is -1.55. The standard InChI is InChI=1S/C12H17NO3/c1-3-7(2)11(13)8-4-5-10(14)9(6-8)12(15)16/h4-7,11,14H,3,13H2,1-2H3,(H,15,16)/t7?,11-/m0/s1. The van der Waals surface area contributed by atoms with E-state index in [9.17, 15) is 9.90 Å². The van der Waals surface area contributed by atoms with Crippen LogP contribution < -0.4 is 5.73 Å². The van der Waals surface area contributed by atoms with Gasteiger partial charge in [-0.05, 0) is 23.6 Å². The fraction of sp³-hybridized carbons (Fsp3) is 0.417. The van der Waals surface area contributed by atoms with Gasteiger partial charge in [0.05, 0.1) is 0 Å². The summed E-state index contributed by atoms with van der Waals surface area (Å²) in [7, 11) is 0. The van der Waals surface area contributed by atoms with Crippen molar-refractivity contribution < 1.29 is 15.0 Å². The SMILES string of the molecule is CCC(C)[C@H](N)c1ccc(O)c(C(=O)O)c1. The van der Waals surface area contributed by atoms with E-state index >= 15 is 0 Å². The van der Waals surface area contributed by atoms with E-state index in [2.05, 4.69) is 0 Å². The third kappa shape index (κ3) is 2.52. The quantitative estimate of drug-likeness (QED) is 0.730. The molecule has 2 atom stereocenters. The van der Waals surface area contributed by atoms with Gasteiger partial charge in [-0.25, -0.2) is 4.79 Å². The molecule has 1 aromatic rings. The molecule has 0 saturated heterocycles. The number of rotatable bonds is 4. The maximum absolute atomic E-state index is 10.8. The lowest BCUT2D eigenvalue weighted by Crippen LogP contribution is -2.18. The first-order chi connectivity index (χ1) is 7.47. The average molecular weight is 223 g/mol. The van der Waals surface area contributed by atoms with Crippen molar-refractivity contribution in [3.63, 3.8) is 0 Å². The molecule has 0 heterocycles. The van der Waals surface area contributed by atoms with Crippen LogP contribution in [-0.2, 0) is 0 Å². The zero-order chi connectivity index (χ0) is 12.3. The molecule has 0 saturated carbocycles. The van der Waals surface area contributed by atoms with Crippen LogP contribution in [0.2, 0.25) is 0 Å². The van der Waals surface area contributed by atoms with E-state index in [0.29, 0.717) is 0 Å². The second kappa shape index (κ2) is 4.99. The Morgan fingerprint density at radius 2 is 2.12 bits per heavy atom. The number of carbonyl (C=O) groups is 1. The number of aromatic carboxylic acids is 1. The first kappa shape index (κ1) is 12.5. The van der Waals surface area contributed by atoms with Crippen LogP contribution in [0.5, 0.6) is 5.75 Å². The van der Waals surface area contributed by atoms with E-state index in [-0.39, 0.29) is 23.3 Å². The van der Waals surface area contributed by atoms with Gasteiger partial charge in [-0.1, -0.05) is 26.3 Å². The monoisotopic (exact) mass is 223 g/mol. The lowest BCUT2D eigenvalue weighted by molar-refractivity contribution is 0.0693. The van der Waals surface area contributed by atoms with Gasteiger partial charge in [0.2, 0.25) is 0 Å². The Labute approximate surface area is 94.7 Å². The van der Waals surface area contributed by atoms with E-state index in [4.69, 9.17) is 10.8 Å². The fourth-order valence-electron chi connectivity index (χ4n) is 1.51. The molecule has 88 valence electrons. The van der Waals surface area contributed by atoms with Gasteiger partial charge in [0.15, 0.2) is 0 Å². The summed E-state index contributed by atoms with van der Waals surface area (Å²) in [4.78, 5) is 10.8. The lowest BCUT2D eigenvalue weighted by Gasteiger charge is -2.19. The van der Waals surface area contributed by atoms with Gasteiger partial charge in [-0.3, -0.25) is 0 Å². The molecule has 0 aliphatic rings. The molecule has 0 aliphatic carbocycles. The van der Waals surface area contributed by atoms with E-state index in [1.165, 1.54) is 12.1 Å². The third-order valence-corrected chi connectivity index (χ3v) is 2.89. The van der Waals surface area contributed by atoms with Crippen molar-refractivity contribution in [3.8, 4) is 5.75 Å². The molecule has 1 unspecified atom stereocenters. The maximum Gasteiger partial charge on any atom is 0.339 e. The minimum Gasteiger partial charge on any atom is -0.507 e. The van der Waals surface area contributed by atoms with Crippen LogP contribution in [0.4, 0.5) is 0 Å². The molecule has 0 spiro atoms. The lowest BCUT2D eigenvalue weighted by atomic mass is 9.92. The largest absolute Gasteiger partial charge is 0.507 e. The molecule has 0 amide bonds. The molecular formula is C12H17NO3. The van der Waals surface area contributed by atoms with Crippen LogP contribution in [0.1, 0.15) is 42.2 Å². The third-order valence-electron chi connectivity index (χ3n) is 2.89. The van der Waals surface area contributed by atoms with Crippen molar-refractivity contribution in [2.75, 3.05) is 0 Å². The summed E-state index contributed by atoms with van der Waals surface area (Å²) in [6, 6.07) is 4.28. The zero-order valence-corrected chi connectivity index (χ0v) is 9.47. The summed E-state index contributed by atoms with van der Waals surface area (Å²) in [6.07, 6.45) is 0.921. The predicted octanol–water partition coefficient (Wildman–Crippen LogP) is 2.14. The van der Waals surface area contributed by atoms with Crippen molar-refractivity contribution >= 4 is 5.97 Å². The average Bonchev–Trinajstić information content (AvgIpc) is 2.27. The number of carboxylic acids is 1. The number of carboxylic acid groups (broad SMARTS) is 1. The van der Waals surface area contributed by atoms with E-state index < -0.39 is 5.97 Å². The predicted molar refractivity (Wildman–Crippen MR) is 61.4 cm³/mol. The Balaban J connectivity index is 3.07. The van der Waals surface area contributed by atoms with E-state index in [1.54, 1.807) is 6.07 Å². The van der Waals surface area contributed by atoms with E-state index in [0.717, 1.165) is 12.0 Å². The van der Waals surface area contributed by atoms with Gasteiger partial charge in [-0.2, -0.15) is 0 Å². The molecule has 4 nitrogen and oxygen atoms in total. The second-order valence-electron chi connectivity index (χ2n) is 3.99. The Kier molecular flexibility index (Phi) is 3.90. The second-order valence-corrected chi connectivity index (χ2v) is 3.99. The molecule has 1 aromatic carbocycles. The highest BCUT2D eigenvalue weighted by Crippen LogP contribution is 2.26. The molecule has 0 fully saturated rings. The summed E-state index contributed by atoms with van der Waals surface area (Å²) in [5.74, 6) is -1.10. The summed E-state index contributed by atoms with van der Waals surface area (Å²) in [6.45, 7) is 4.04. The highest BCUT2D eigenvalue weighted by molar-refractivity contribution is 5.90. The number of hydrogen-bond acceptors (Lipinski definition) is 3. The molecule has 0 aromatic heterocycles. The first-order valence-corrected chi connectivity index (χ1v) is 5.29. The fourth-order valence-corrected chi connectivity index (χ4v) is 1.51. The molecule has 4 heteroatoms. The number of phenols is 1. The molecule has 4 N–H and O–H groups in total.